The van der Waals surface area contributed by atoms with Crippen molar-refractivity contribution >= 4 is 29.5 Å². The van der Waals surface area contributed by atoms with Gasteiger partial charge in [0.25, 0.3) is 5.91 Å². The van der Waals surface area contributed by atoms with E-state index in [0.717, 1.165) is 50.5 Å². The molecular weight excluding hydrogens is 586 g/mol. The predicted octanol–water partition coefficient (Wildman–Crippen LogP) is 3.56. The number of ketones is 1. The molecule has 5 amide bonds. The molecule has 4 rings (SSSR count). The van der Waals surface area contributed by atoms with Crippen LogP contribution >= 0.6 is 0 Å². The molecular formula is C35H53N5O6. The molecule has 4 atom stereocenters. The fourth-order valence-electron chi connectivity index (χ4n) is 7.25. The summed E-state index contributed by atoms with van der Waals surface area (Å²) in [7, 11) is 0. The molecule has 1 aliphatic heterocycles. The number of hydrogen-bond acceptors (Lipinski definition) is 6. The van der Waals surface area contributed by atoms with Crippen LogP contribution in [0.5, 0.6) is 5.75 Å². The third-order valence-corrected chi connectivity index (χ3v) is 10.1. The van der Waals surface area contributed by atoms with Gasteiger partial charge in [-0.25, -0.2) is 4.79 Å². The van der Waals surface area contributed by atoms with Crippen molar-refractivity contribution in [3.05, 3.63) is 29.8 Å². The molecule has 1 saturated heterocycles. The van der Waals surface area contributed by atoms with E-state index in [1.165, 1.54) is 0 Å². The van der Waals surface area contributed by atoms with E-state index in [0.29, 0.717) is 25.8 Å². The molecule has 1 unspecified atom stereocenters. The summed E-state index contributed by atoms with van der Waals surface area (Å²) in [6.07, 6.45) is 8.03. The van der Waals surface area contributed by atoms with Crippen molar-refractivity contribution in [2.75, 3.05) is 6.54 Å². The second-order valence-corrected chi connectivity index (χ2v) is 15.2. The van der Waals surface area contributed by atoms with E-state index in [4.69, 9.17) is 5.73 Å². The lowest BCUT2D eigenvalue weighted by molar-refractivity contribution is -0.144. The van der Waals surface area contributed by atoms with E-state index >= 15 is 0 Å². The molecule has 0 aromatic heterocycles. The first-order chi connectivity index (χ1) is 21.6. The number of Topliss-reactive ketones (excluding diaryl/α,β-unsaturated/α-hetero) is 1. The molecule has 3 fully saturated rings. The fraction of sp³-hybridized carbons (Fsp3) is 0.686. The summed E-state index contributed by atoms with van der Waals surface area (Å²) in [6.45, 7) is 9.97. The number of likely N-dealkylation sites (tertiary alicyclic amines) is 1. The number of amides is 5. The SMILES string of the molecule is CC(C)[C@H]1CCN(C(=O)[C@@H](NC(=O)NC2(Cc3ccc(O)cc3)CCCCC2)C(C)(C)C)[C@@H]1C(=O)NC(CC1CC1)C(=O)C(N)=O. The summed E-state index contributed by atoms with van der Waals surface area (Å²) < 4.78 is 0. The molecule has 46 heavy (non-hydrogen) atoms. The zero-order chi connectivity index (χ0) is 33.8. The van der Waals surface area contributed by atoms with Gasteiger partial charge in [-0.05, 0) is 73.0 Å². The van der Waals surface area contributed by atoms with Gasteiger partial charge in [-0.3, -0.25) is 19.2 Å². The van der Waals surface area contributed by atoms with Crippen LogP contribution in [-0.4, -0.2) is 69.8 Å². The van der Waals surface area contributed by atoms with Crippen LogP contribution in [0.15, 0.2) is 24.3 Å². The smallest absolute Gasteiger partial charge is 0.315 e. The molecule has 11 nitrogen and oxygen atoms in total. The van der Waals surface area contributed by atoms with E-state index in [-0.39, 0.29) is 29.4 Å². The Bertz CT molecular complexity index is 1280. The average Bonchev–Trinajstić information content (AvgIpc) is 3.68. The number of primary amides is 1. The Morgan fingerprint density at radius 3 is 2.15 bits per heavy atom. The van der Waals surface area contributed by atoms with Gasteiger partial charge in [-0.15, -0.1) is 0 Å². The average molecular weight is 640 g/mol. The lowest BCUT2D eigenvalue weighted by Crippen LogP contribution is -2.63. The second-order valence-electron chi connectivity index (χ2n) is 15.2. The highest BCUT2D eigenvalue weighted by Gasteiger charge is 2.48. The topological polar surface area (TPSA) is 171 Å². The molecule has 3 aliphatic rings. The number of aromatic hydroxyl groups is 1. The van der Waals surface area contributed by atoms with Gasteiger partial charge < -0.3 is 31.7 Å². The summed E-state index contributed by atoms with van der Waals surface area (Å²) >= 11 is 0. The van der Waals surface area contributed by atoms with Gasteiger partial charge in [0.2, 0.25) is 17.6 Å². The summed E-state index contributed by atoms with van der Waals surface area (Å²) in [5.41, 5.74) is 5.14. The normalized spacial score (nSPS) is 22.5. The zero-order valence-corrected chi connectivity index (χ0v) is 28.1. The number of rotatable bonds is 12. The molecule has 1 aromatic rings. The van der Waals surface area contributed by atoms with Crippen molar-refractivity contribution < 1.29 is 29.1 Å². The van der Waals surface area contributed by atoms with Crippen molar-refractivity contribution in [2.45, 2.75) is 122 Å². The zero-order valence-electron chi connectivity index (χ0n) is 28.1. The Labute approximate surface area is 272 Å². The van der Waals surface area contributed by atoms with Crippen molar-refractivity contribution in [1.82, 2.24) is 20.9 Å². The van der Waals surface area contributed by atoms with Crippen LogP contribution in [0.3, 0.4) is 0 Å². The molecule has 1 heterocycles. The van der Waals surface area contributed by atoms with Crippen LogP contribution in [0, 0.1) is 23.2 Å². The highest BCUT2D eigenvalue weighted by Crippen LogP contribution is 2.36. The number of hydrogen-bond donors (Lipinski definition) is 5. The predicted molar refractivity (Wildman–Crippen MR) is 174 cm³/mol. The van der Waals surface area contributed by atoms with Gasteiger partial charge in [0, 0.05) is 12.1 Å². The van der Waals surface area contributed by atoms with Crippen LogP contribution in [0.2, 0.25) is 0 Å². The van der Waals surface area contributed by atoms with E-state index in [1.54, 1.807) is 17.0 Å². The van der Waals surface area contributed by atoms with Gasteiger partial charge in [0.05, 0.1) is 6.04 Å². The number of carbonyl (C=O) groups excluding carboxylic acids is 5. The Kier molecular flexibility index (Phi) is 11.0. The Morgan fingerprint density at radius 1 is 0.978 bits per heavy atom. The quantitative estimate of drug-likeness (QED) is 0.219. The van der Waals surface area contributed by atoms with Gasteiger partial charge in [-0.2, -0.15) is 0 Å². The third kappa shape index (κ3) is 8.79. The number of nitrogens with one attached hydrogen (secondary N) is 3. The molecule has 6 N–H and O–H groups in total. The van der Waals surface area contributed by atoms with E-state index < -0.39 is 52.7 Å². The van der Waals surface area contributed by atoms with E-state index in [2.05, 4.69) is 16.0 Å². The first-order valence-electron chi connectivity index (χ1n) is 16.9. The maximum Gasteiger partial charge on any atom is 0.315 e. The fourth-order valence-corrected chi connectivity index (χ4v) is 7.25. The molecule has 11 heteroatoms. The number of benzene rings is 1. The highest BCUT2D eigenvalue weighted by atomic mass is 16.3. The van der Waals surface area contributed by atoms with Crippen molar-refractivity contribution in [1.29, 1.82) is 0 Å². The number of urea groups is 1. The first-order valence-corrected chi connectivity index (χ1v) is 16.9. The number of phenols is 1. The Hall–Kier alpha value is -3.63. The molecule has 1 aromatic carbocycles. The van der Waals surface area contributed by atoms with Crippen molar-refractivity contribution in [3.8, 4) is 5.75 Å². The van der Waals surface area contributed by atoms with Gasteiger partial charge in [0.1, 0.15) is 17.8 Å². The van der Waals surface area contributed by atoms with Gasteiger partial charge in [-0.1, -0.05) is 78.9 Å². The van der Waals surface area contributed by atoms with Gasteiger partial charge in [0.15, 0.2) is 0 Å². The monoisotopic (exact) mass is 639 g/mol. The molecule has 0 spiro atoms. The Balaban J connectivity index is 1.53. The standard InChI is InChI=1S/C35H53N5O6/c1-21(2)25-15-18-40(27(25)31(44)37-26(19-22-9-10-22)28(42)30(36)43)32(45)29(34(3,4)5)38-33(46)39-35(16-7-6-8-17-35)20-23-11-13-24(41)14-12-23/h11-14,21-22,25-27,29,41H,6-10,15-20H2,1-5H3,(H2,36,43)(H,37,44)(H2,38,39,46)/t25-,26?,27+,29-/m1/s1. The largest absolute Gasteiger partial charge is 0.508 e. The van der Waals surface area contributed by atoms with E-state index in [9.17, 15) is 29.1 Å². The Morgan fingerprint density at radius 2 is 1.61 bits per heavy atom. The number of nitrogens with zero attached hydrogens (tertiary/aromatic N) is 1. The number of phenolic OH excluding ortho intramolecular Hbond substituents is 1. The minimum atomic E-state index is -1.09. The number of carbonyl (C=O) groups is 5. The van der Waals surface area contributed by atoms with Crippen LogP contribution < -0.4 is 21.7 Å². The van der Waals surface area contributed by atoms with E-state index in [1.807, 2.05) is 46.8 Å². The van der Waals surface area contributed by atoms with Crippen LogP contribution in [0.25, 0.3) is 0 Å². The first kappa shape index (κ1) is 35.2. The lowest BCUT2D eigenvalue weighted by atomic mass is 9.77. The van der Waals surface area contributed by atoms with Gasteiger partial charge >= 0.3 is 6.03 Å². The third-order valence-electron chi connectivity index (χ3n) is 10.1. The molecule has 254 valence electrons. The summed E-state index contributed by atoms with van der Waals surface area (Å²) in [5, 5.41) is 18.7. The minimum absolute atomic E-state index is 0.0673. The van der Waals surface area contributed by atoms with Crippen molar-refractivity contribution in [3.63, 3.8) is 0 Å². The van der Waals surface area contributed by atoms with Crippen LogP contribution in [0.1, 0.15) is 98.0 Å². The second kappa shape index (κ2) is 14.4. The highest BCUT2D eigenvalue weighted by molar-refractivity contribution is 6.37. The maximum absolute atomic E-state index is 14.4. The minimum Gasteiger partial charge on any atom is -0.508 e. The molecule has 0 radical (unpaired) electrons. The maximum atomic E-state index is 14.4. The van der Waals surface area contributed by atoms with Crippen molar-refractivity contribution in [2.24, 2.45) is 28.9 Å². The molecule has 0 bridgehead atoms. The van der Waals surface area contributed by atoms with Crippen LogP contribution in [0.4, 0.5) is 4.79 Å². The van der Waals surface area contributed by atoms with Crippen LogP contribution in [-0.2, 0) is 25.6 Å². The summed E-state index contributed by atoms with van der Waals surface area (Å²) in [6, 6.07) is 3.76. The lowest BCUT2D eigenvalue weighted by Gasteiger charge is -2.40. The summed E-state index contributed by atoms with van der Waals surface area (Å²) in [4.78, 5) is 67.9. The molecule has 2 aliphatic carbocycles. The summed E-state index contributed by atoms with van der Waals surface area (Å²) in [5.74, 6) is -2.41. The number of nitrogens with two attached hydrogens (primary N) is 1. The molecule has 2 saturated carbocycles.